The van der Waals surface area contributed by atoms with Crippen LogP contribution in [-0.4, -0.2) is 45.3 Å². The molecule has 10 heteroatoms. The van der Waals surface area contributed by atoms with Crippen LogP contribution >= 0.6 is 11.8 Å². The van der Waals surface area contributed by atoms with Crippen molar-refractivity contribution in [2.24, 2.45) is 0 Å². The van der Waals surface area contributed by atoms with Gasteiger partial charge in [0, 0.05) is 5.69 Å². The molecule has 0 aliphatic rings. The minimum atomic E-state index is -3.55. The van der Waals surface area contributed by atoms with Gasteiger partial charge in [-0.15, -0.1) is 0 Å². The summed E-state index contributed by atoms with van der Waals surface area (Å²) in [6.45, 7) is 0. The summed E-state index contributed by atoms with van der Waals surface area (Å²) >= 11 is 1.56. The third kappa shape index (κ3) is 5.84. The predicted molar refractivity (Wildman–Crippen MR) is 104 cm³/mol. The summed E-state index contributed by atoms with van der Waals surface area (Å²) < 4.78 is 30.7. The largest absolute Gasteiger partial charge is 0.459 e. The highest BCUT2D eigenvalue weighted by molar-refractivity contribution is 7.98. The number of rotatable bonds is 9. The number of amides is 2. The van der Waals surface area contributed by atoms with Crippen LogP contribution in [0.5, 0.6) is 0 Å². The zero-order valence-corrected chi connectivity index (χ0v) is 16.5. The summed E-state index contributed by atoms with van der Waals surface area (Å²) in [5.41, 5.74) is 0.427. The van der Waals surface area contributed by atoms with Gasteiger partial charge in [-0.2, -0.15) is 11.8 Å². The molecule has 0 aliphatic heterocycles. The molecule has 0 fully saturated rings. The van der Waals surface area contributed by atoms with E-state index in [1.54, 1.807) is 17.8 Å². The summed E-state index contributed by atoms with van der Waals surface area (Å²) in [6, 6.07) is 8.10. The maximum Gasteiger partial charge on any atom is 0.287 e. The minimum absolute atomic E-state index is 0.0908. The van der Waals surface area contributed by atoms with Crippen LogP contribution in [0.1, 0.15) is 17.0 Å². The van der Waals surface area contributed by atoms with Crippen LogP contribution in [-0.2, 0) is 14.8 Å². The molecule has 0 saturated carbocycles. The molecule has 3 N–H and O–H groups in total. The van der Waals surface area contributed by atoms with Crippen molar-refractivity contribution in [3.8, 4) is 0 Å². The molecular weight excluding hydrogens is 390 g/mol. The van der Waals surface area contributed by atoms with E-state index in [0.717, 1.165) is 0 Å². The highest BCUT2D eigenvalue weighted by atomic mass is 32.2. The Morgan fingerprint density at radius 1 is 1.19 bits per heavy atom. The molecule has 0 bridgehead atoms. The monoisotopic (exact) mass is 411 g/mol. The van der Waals surface area contributed by atoms with E-state index >= 15 is 0 Å². The summed E-state index contributed by atoms with van der Waals surface area (Å²) in [5.74, 6) is -0.0703. The Bertz CT molecular complexity index is 864. The summed E-state index contributed by atoms with van der Waals surface area (Å²) in [4.78, 5) is 24.8. The summed E-state index contributed by atoms with van der Waals surface area (Å²) in [5, 5.41) is 5.34. The second-order valence-electron chi connectivity index (χ2n) is 5.51. The Labute approximate surface area is 162 Å². The quantitative estimate of drug-likeness (QED) is 0.578. The number of hydrogen-bond acceptors (Lipinski definition) is 6. The number of thioether (sulfide) groups is 1. The average molecular weight is 412 g/mol. The van der Waals surface area contributed by atoms with Crippen molar-refractivity contribution >= 4 is 39.3 Å². The molecule has 0 spiro atoms. The Hall–Kier alpha value is -2.30. The van der Waals surface area contributed by atoms with Crippen LogP contribution in [0.25, 0.3) is 0 Å². The standard InChI is InChI=1S/C17H21N3O5S2/c1-18-27(23,24)13-7-5-12(6-8-13)19-16(21)14(9-11-26-2)20-17(22)15-4-3-10-25-15/h3-8,10,14,18H,9,11H2,1-2H3,(H,19,21)(H,20,22)/t14-/m1/s1. The molecule has 0 aliphatic carbocycles. The first-order valence-corrected chi connectivity index (χ1v) is 10.9. The normalized spacial score (nSPS) is 12.4. The first kappa shape index (κ1) is 21.0. The van der Waals surface area contributed by atoms with Gasteiger partial charge in [-0.1, -0.05) is 0 Å². The molecule has 8 nitrogen and oxygen atoms in total. The lowest BCUT2D eigenvalue weighted by atomic mass is 10.2. The Morgan fingerprint density at radius 3 is 2.44 bits per heavy atom. The van der Waals surface area contributed by atoms with E-state index in [-0.39, 0.29) is 10.7 Å². The number of nitrogens with one attached hydrogen (secondary N) is 3. The molecule has 0 unspecified atom stereocenters. The van der Waals surface area contributed by atoms with Gasteiger partial charge in [-0.25, -0.2) is 13.1 Å². The minimum Gasteiger partial charge on any atom is -0.459 e. The van der Waals surface area contributed by atoms with Gasteiger partial charge in [0.1, 0.15) is 6.04 Å². The van der Waals surface area contributed by atoms with Crippen LogP contribution in [0.4, 0.5) is 5.69 Å². The SMILES string of the molecule is CNS(=O)(=O)c1ccc(NC(=O)[C@@H](CCSC)NC(=O)c2ccco2)cc1. The highest BCUT2D eigenvalue weighted by Gasteiger charge is 2.22. The first-order chi connectivity index (χ1) is 12.9. The number of hydrogen-bond donors (Lipinski definition) is 3. The summed E-state index contributed by atoms with van der Waals surface area (Å²) in [6.07, 6.45) is 3.72. The third-order valence-electron chi connectivity index (χ3n) is 3.68. The maximum atomic E-state index is 12.6. The van der Waals surface area contributed by atoms with E-state index in [2.05, 4.69) is 15.4 Å². The first-order valence-electron chi connectivity index (χ1n) is 8.05. The van der Waals surface area contributed by atoms with Crippen LogP contribution in [0, 0.1) is 0 Å². The molecule has 1 atom stereocenters. The molecule has 0 radical (unpaired) electrons. The lowest BCUT2D eigenvalue weighted by Gasteiger charge is -2.17. The summed E-state index contributed by atoms with van der Waals surface area (Å²) in [7, 11) is -2.22. The molecule has 1 aromatic heterocycles. The molecule has 27 heavy (non-hydrogen) atoms. The molecule has 2 rings (SSSR count). The van der Waals surface area contributed by atoms with Gasteiger partial charge >= 0.3 is 0 Å². The van der Waals surface area contributed by atoms with Crippen molar-refractivity contribution in [2.75, 3.05) is 24.4 Å². The Balaban J connectivity index is 2.07. The lowest BCUT2D eigenvalue weighted by Crippen LogP contribution is -2.44. The molecular formula is C17H21N3O5S2. The number of benzene rings is 1. The van der Waals surface area contributed by atoms with E-state index in [1.165, 1.54) is 43.6 Å². The molecule has 0 saturated heterocycles. The van der Waals surface area contributed by atoms with E-state index in [4.69, 9.17) is 4.42 Å². The zero-order valence-electron chi connectivity index (χ0n) is 14.9. The predicted octanol–water partition coefficient (Wildman–Crippen LogP) is 1.68. The average Bonchev–Trinajstić information content (AvgIpc) is 3.20. The number of carbonyl (C=O) groups excluding carboxylic acids is 2. The zero-order chi connectivity index (χ0) is 19.9. The molecule has 1 aromatic carbocycles. The van der Waals surface area contributed by atoms with E-state index in [0.29, 0.717) is 17.9 Å². The number of furan rings is 1. The molecule has 2 amide bonds. The van der Waals surface area contributed by atoms with Crippen molar-refractivity contribution in [3.63, 3.8) is 0 Å². The van der Waals surface area contributed by atoms with Gasteiger partial charge in [-0.05, 0) is 61.9 Å². The smallest absolute Gasteiger partial charge is 0.287 e. The van der Waals surface area contributed by atoms with Gasteiger partial charge in [0.15, 0.2) is 5.76 Å². The van der Waals surface area contributed by atoms with E-state index in [9.17, 15) is 18.0 Å². The molecule has 1 heterocycles. The van der Waals surface area contributed by atoms with Gasteiger partial charge in [0.25, 0.3) is 5.91 Å². The van der Waals surface area contributed by atoms with Gasteiger partial charge in [-0.3, -0.25) is 9.59 Å². The van der Waals surface area contributed by atoms with Crippen molar-refractivity contribution in [2.45, 2.75) is 17.4 Å². The van der Waals surface area contributed by atoms with Gasteiger partial charge in [0.05, 0.1) is 11.2 Å². The van der Waals surface area contributed by atoms with Gasteiger partial charge in [0.2, 0.25) is 15.9 Å². The molecule has 2 aromatic rings. The fourth-order valence-electron chi connectivity index (χ4n) is 2.21. The number of sulfonamides is 1. The topological polar surface area (TPSA) is 118 Å². The molecule has 146 valence electrons. The maximum absolute atomic E-state index is 12.6. The van der Waals surface area contributed by atoms with Crippen LogP contribution in [0.15, 0.2) is 52.0 Å². The second-order valence-corrected chi connectivity index (χ2v) is 8.38. The third-order valence-corrected chi connectivity index (χ3v) is 5.75. The van der Waals surface area contributed by atoms with Crippen LogP contribution in [0.3, 0.4) is 0 Å². The van der Waals surface area contributed by atoms with Gasteiger partial charge < -0.3 is 15.1 Å². The van der Waals surface area contributed by atoms with Crippen molar-refractivity contribution in [3.05, 3.63) is 48.4 Å². The highest BCUT2D eigenvalue weighted by Crippen LogP contribution is 2.15. The van der Waals surface area contributed by atoms with Crippen molar-refractivity contribution < 1.29 is 22.4 Å². The fraction of sp³-hybridized carbons (Fsp3) is 0.294. The second kappa shape index (κ2) is 9.58. The van der Waals surface area contributed by atoms with Crippen LogP contribution in [0.2, 0.25) is 0 Å². The van der Waals surface area contributed by atoms with Crippen molar-refractivity contribution in [1.82, 2.24) is 10.0 Å². The van der Waals surface area contributed by atoms with E-state index < -0.39 is 27.9 Å². The number of anilines is 1. The Kier molecular flexibility index (Phi) is 7.45. The van der Waals surface area contributed by atoms with E-state index in [1.807, 2.05) is 6.26 Å². The lowest BCUT2D eigenvalue weighted by molar-refractivity contribution is -0.118. The fourth-order valence-corrected chi connectivity index (χ4v) is 3.41. The Morgan fingerprint density at radius 2 is 1.89 bits per heavy atom. The van der Waals surface area contributed by atoms with Crippen molar-refractivity contribution in [1.29, 1.82) is 0 Å². The van der Waals surface area contributed by atoms with Crippen LogP contribution < -0.4 is 15.4 Å². The number of carbonyl (C=O) groups is 2.